The summed E-state index contributed by atoms with van der Waals surface area (Å²) in [6.45, 7) is 0. The molecule has 0 bridgehead atoms. The van der Waals surface area contributed by atoms with Crippen molar-refractivity contribution in [2.24, 2.45) is 0 Å². The van der Waals surface area contributed by atoms with Crippen LogP contribution in [-0.4, -0.2) is 41.0 Å². The minimum atomic E-state index is -1.12. The highest BCUT2D eigenvalue weighted by Gasteiger charge is 2.20. The molecule has 0 radical (unpaired) electrons. The molecule has 0 amide bonds. The summed E-state index contributed by atoms with van der Waals surface area (Å²) in [7, 11) is 1.59. The lowest BCUT2D eigenvalue weighted by molar-refractivity contribution is 0.0686. The fourth-order valence-corrected chi connectivity index (χ4v) is 3.31. The van der Waals surface area contributed by atoms with Crippen molar-refractivity contribution in [1.82, 2.24) is 5.16 Å². The van der Waals surface area contributed by atoms with Crippen molar-refractivity contribution >= 4 is 17.7 Å². The van der Waals surface area contributed by atoms with E-state index in [1.54, 1.807) is 25.3 Å². The summed E-state index contributed by atoms with van der Waals surface area (Å²) in [5.74, 6) is 2.57. The van der Waals surface area contributed by atoms with E-state index in [1.807, 2.05) is 11.8 Å². The number of hydrogen-bond acceptors (Lipinski definition) is 6. The van der Waals surface area contributed by atoms with Gasteiger partial charge in [0.15, 0.2) is 23.0 Å². The molecule has 1 aliphatic rings. The van der Waals surface area contributed by atoms with E-state index in [1.165, 1.54) is 6.07 Å². The summed E-state index contributed by atoms with van der Waals surface area (Å²) >= 11 is 1.86. The Hall–Kier alpha value is -2.15. The molecule has 2 heterocycles. The second kappa shape index (κ2) is 6.31. The third kappa shape index (κ3) is 3.04. The fourth-order valence-electron chi connectivity index (χ4n) is 2.22. The number of hydrogen-bond donors (Lipinski definition) is 1. The summed E-state index contributed by atoms with van der Waals surface area (Å²) in [6, 6.07) is 6.73. The average molecular weight is 321 g/mol. The number of rotatable bonds is 5. The SMILES string of the molecule is COc1ccc(-c2cc(C(=O)O)no2)cc1OC1CCSC1. The molecule has 1 fully saturated rings. The Balaban J connectivity index is 1.89. The highest BCUT2D eigenvalue weighted by molar-refractivity contribution is 7.99. The van der Waals surface area contributed by atoms with Crippen LogP contribution in [0, 0.1) is 0 Å². The van der Waals surface area contributed by atoms with E-state index in [-0.39, 0.29) is 11.8 Å². The van der Waals surface area contributed by atoms with Crippen molar-refractivity contribution in [2.45, 2.75) is 12.5 Å². The van der Waals surface area contributed by atoms with Gasteiger partial charge in [-0.2, -0.15) is 11.8 Å². The number of aromatic nitrogens is 1. The summed E-state index contributed by atoms with van der Waals surface area (Å²) in [6.07, 6.45) is 1.17. The molecular weight excluding hydrogens is 306 g/mol. The minimum absolute atomic E-state index is 0.125. The van der Waals surface area contributed by atoms with Crippen LogP contribution in [0.4, 0.5) is 0 Å². The monoisotopic (exact) mass is 321 g/mol. The molecule has 116 valence electrons. The maximum absolute atomic E-state index is 10.9. The van der Waals surface area contributed by atoms with Gasteiger partial charge in [0.2, 0.25) is 0 Å². The summed E-state index contributed by atoms with van der Waals surface area (Å²) < 4.78 is 16.4. The molecule has 1 atom stereocenters. The van der Waals surface area contributed by atoms with Gasteiger partial charge in [-0.3, -0.25) is 0 Å². The highest BCUT2D eigenvalue weighted by Crippen LogP contribution is 2.35. The number of carboxylic acid groups (broad SMARTS) is 1. The van der Waals surface area contributed by atoms with Crippen LogP contribution < -0.4 is 9.47 Å². The van der Waals surface area contributed by atoms with Crippen LogP contribution in [-0.2, 0) is 0 Å². The van der Waals surface area contributed by atoms with Crippen LogP contribution in [0.25, 0.3) is 11.3 Å². The van der Waals surface area contributed by atoms with E-state index >= 15 is 0 Å². The number of carboxylic acids is 1. The molecule has 1 aromatic heterocycles. The van der Waals surface area contributed by atoms with Gasteiger partial charge in [-0.25, -0.2) is 4.79 Å². The Labute approximate surface area is 131 Å². The lowest BCUT2D eigenvalue weighted by Gasteiger charge is -2.16. The third-order valence-electron chi connectivity index (χ3n) is 3.36. The van der Waals surface area contributed by atoms with Crippen molar-refractivity contribution in [1.29, 1.82) is 0 Å². The molecule has 22 heavy (non-hydrogen) atoms. The van der Waals surface area contributed by atoms with Crippen LogP contribution in [0.15, 0.2) is 28.8 Å². The molecule has 7 heteroatoms. The van der Waals surface area contributed by atoms with Crippen LogP contribution >= 0.6 is 11.8 Å². The van der Waals surface area contributed by atoms with E-state index in [2.05, 4.69) is 5.16 Å². The number of thioether (sulfide) groups is 1. The van der Waals surface area contributed by atoms with E-state index in [4.69, 9.17) is 19.1 Å². The highest BCUT2D eigenvalue weighted by atomic mass is 32.2. The molecule has 1 aromatic carbocycles. The minimum Gasteiger partial charge on any atom is -0.493 e. The molecular formula is C15H15NO5S. The number of benzene rings is 1. The maximum Gasteiger partial charge on any atom is 0.358 e. The molecule has 2 aromatic rings. The Morgan fingerprint density at radius 3 is 2.91 bits per heavy atom. The topological polar surface area (TPSA) is 81.8 Å². The molecule has 6 nitrogen and oxygen atoms in total. The summed E-state index contributed by atoms with van der Waals surface area (Å²) in [5.41, 5.74) is 0.571. The molecule has 0 spiro atoms. The largest absolute Gasteiger partial charge is 0.493 e. The van der Waals surface area contributed by atoms with Crippen LogP contribution in [0.2, 0.25) is 0 Å². The van der Waals surface area contributed by atoms with Crippen LogP contribution in [0.3, 0.4) is 0 Å². The van der Waals surface area contributed by atoms with Crippen molar-refractivity contribution in [2.75, 3.05) is 18.6 Å². The van der Waals surface area contributed by atoms with Gasteiger partial charge in [-0.15, -0.1) is 0 Å². The van der Waals surface area contributed by atoms with Gasteiger partial charge in [0.25, 0.3) is 0 Å². The van der Waals surface area contributed by atoms with E-state index in [0.717, 1.165) is 17.9 Å². The first-order valence-corrected chi connectivity index (χ1v) is 7.95. The number of ether oxygens (including phenoxy) is 2. The fraction of sp³-hybridized carbons (Fsp3) is 0.333. The van der Waals surface area contributed by atoms with Gasteiger partial charge in [-0.1, -0.05) is 5.16 Å². The van der Waals surface area contributed by atoms with Crippen molar-refractivity contribution < 1.29 is 23.9 Å². The van der Waals surface area contributed by atoms with Gasteiger partial charge in [0, 0.05) is 17.4 Å². The van der Waals surface area contributed by atoms with Crippen LogP contribution in [0.1, 0.15) is 16.9 Å². The van der Waals surface area contributed by atoms with Crippen LogP contribution in [0.5, 0.6) is 11.5 Å². The van der Waals surface area contributed by atoms with Crippen molar-refractivity contribution in [3.63, 3.8) is 0 Å². The zero-order chi connectivity index (χ0) is 15.5. The molecule has 1 aliphatic heterocycles. The zero-order valence-corrected chi connectivity index (χ0v) is 12.8. The van der Waals surface area contributed by atoms with E-state index < -0.39 is 5.97 Å². The molecule has 1 unspecified atom stereocenters. The normalized spacial score (nSPS) is 17.4. The first kappa shape index (κ1) is 14.8. The second-order valence-corrected chi connectivity index (χ2v) is 6.00. The number of methoxy groups -OCH3 is 1. The zero-order valence-electron chi connectivity index (χ0n) is 11.9. The van der Waals surface area contributed by atoms with Crippen molar-refractivity contribution in [3.05, 3.63) is 30.0 Å². The first-order valence-electron chi connectivity index (χ1n) is 6.80. The standard InChI is InChI=1S/C15H15NO5S/c1-19-12-3-2-9(13-7-11(15(17)18)16-21-13)6-14(12)20-10-4-5-22-8-10/h2-3,6-7,10H,4-5,8H2,1H3,(H,17,18). The van der Waals surface area contributed by atoms with Crippen molar-refractivity contribution in [3.8, 4) is 22.8 Å². The van der Waals surface area contributed by atoms with Gasteiger partial charge >= 0.3 is 5.97 Å². The third-order valence-corrected chi connectivity index (χ3v) is 4.49. The molecule has 1 saturated heterocycles. The summed E-state index contributed by atoms with van der Waals surface area (Å²) in [4.78, 5) is 10.9. The smallest absolute Gasteiger partial charge is 0.358 e. The summed E-state index contributed by atoms with van der Waals surface area (Å²) in [5, 5.41) is 12.4. The predicted molar refractivity (Wildman–Crippen MR) is 81.8 cm³/mol. The van der Waals surface area contributed by atoms with Gasteiger partial charge < -0.3 is 19.1 Å². The lowest BCUT2D eigenvalue weighted by Crippen LogP contribution is -2.15. The molecule has 1 N–H and O–H groups in total. The number of aromatic carboxylic acids is 1. The maximum atomic E-state index is 10.9. The van der Waals surface area contributed by atoms with E-state index in [0.29, 0.717) is 22.8 Å². The lowest BCUT2D eigenvalue weighted by atomic mass is 10.1. The average Bonchev–Trinajstić information content (AvgIpc) is 3.18. The second-order valence-electron chi connectivity index (χ2n) is 4.85. The Bertz CT molecular complexity index is 678. The number of carbonyl (C=O) groups is 1. The molecule has 0 saturated carbocycles. The van der Waals surface area contributed by atoms with Gasteiger partial charge in [-0.05, 0) is 30.4 Å². The van der Waals surface area contributed by atoms with Gasteiger partial charge in [0.1, 0.15) is 6.10 Å². The quantitative estimate of drug-likeness (QED) is 0.906. The number of nitrogens with zero attached hydrogens (tertiary/aromatic N) is 1. The first-order chi connectivity index (χ1) is 10.7. The molecule has 3 rings (SSSR count). The Morgan fingerprint density at radius 1 is 1.41 bits per heavy atom. The van der Waals surface area contributed by atoms with E-state index in [9.17, 15) is 4.79 Å². The van der Waals surface area contributed by atoms with Gasteiger partial charge in [0.05, 0.1) is 7.11 Å². The molecule has 0 aliphatic carbocycles. The predicted octanol–water partition coefficient (Wildman–Crippen LogP) is 2.93. The Morgan fingerprint density at radius 2 is 2.27 bits per heavy atom. The Kier molecular flexibility index (Phi) is 4.24.